The van der Waals surface area contributed by atoms with E-state index in [4.69, 9.17) is 0 Å². The molecule has 0 bridgehead atoms. The van der Waals surface area contributed by atoms with Crippen LogP contribution in [0.5, 0.6) is 0 Å². The normalized spacial score (nSPS) is 14.4. The van der Waals surface area contributed by atoms with Crippen LogP contribution >= 0.6 is 0 Å². The fraction of sp³-hybridized carbons (Fsp3) is 0.429. The largest absolute Gasteiger partial charge is 0.103 e. The third kappa shape index (κ3) is 7.60. The third-order valence-electron chi connectivity index (χ3n) is 2.16. The van der Waals surface area contributed by atoms with Gasteiger partial charge in [0.2, 0.25) is 0 Å². The molecule has 0 saturated heterocycles. The smallest absolute Gasteiger partial charge is 0.0282 e. The fourth-order valence-corrected chi connectivity index (χ4v) is 1.28. The highest BCUT2D eigenvalue weighted by Gasteiger charge is 1.97. The van der Waals surface area contributed by atoms with Crippen molar-refractivity contribution in [1.29, 1.82) is 0 Å². The Labute approximate surface area is 88.7 Å². The van der Waals surface area contributed by atoms with E-state index < -0.39 is 0 Å². The first-order valence-electron chi connectivity index (χ1n) is 5.38. The van der Waals surface area contributed by atoms with E-state index in [1.54, 1.807) is 0 Å². The van der Waals surface area contributed by atoms with E-state index in [0.29, 0.717) is 0 Å². The van der Waals surface area contributed by atoms with Crippen molar-refractivity contribution in [2.45, 2.75) is 38.5 Å². The standard InChI is InChI=1S/C8H12.C6H10/c1-2-8-6-4-3-5-7-8;1-3-5-6-4-2/h2,6H,1,3-5,7H2;3-4H,1-2,5-6H2. The van der Waals surface area contributed by atoms with E-state index in [9.17, 15) is 0 Å². The Bertz CT molecular complexity index is 188. The first-order chi connectivity index (χ1) is 6.85. The first-order valence-corrected chi connectivity index (χ1v) is 5.38. The van der Waals surface area contributed by atoms with Crippen LogP contribution < -0.4 is 0 Å². The second-order valence-corrected chi connectivity index (χ2v) is 3.38. The maximum absolute atomic E-state index is 3.72. The molecule has 0 aromatic heterocycles. The van der Waals surface area contributed by atoms with Crippen molar-refractivity contribution in [1.82, 2.24) is 0 Å². The molecule has 0 N–H and O–H groups in total. The minimum atomic E-state index is 1.06. The molecule has 0 saturated carbocycles. The maximum Gasteiger partial charge on any atom is -0.0282 e. The van der Waals surface area contributed by atoms with Gasteiger partial charge in [-0.25, -0.2) is 0 Å². The number of hydrogen-bond donors (Lipinski definition) is 0. The van der Waals surface area contributed by atoms with E-state index in [-0.39, 0.29) is 0 Å². The van der Waals surface area contributed by atoms with Gasteiger partial charge in [0.05, 0.1) is 0 Å². The second kappa shape index (κ2) is 10.0. The van der Waals surface area contributed by atoms with Gasteiger partial charge in [-0.1, -0.05) is 36.5 Å². The lowest BCUT2D eigenvalue weighted by atomic mass is 10.0. The Balaban J connectivity index is 0.000000255. The molecule has 0 aromatic carbocycles. The van der Waals surface area contributed by atoms with E-state index in [1.165, 1.54) is 31.3 Å². The minimum Gasteiger partial charge on any atom is -0.103 e. The molecule has 0 heteroatoms. The quantitative estimate of drug-likeness (QED) is 0.441. The number of rotatable bonds is 4. The highest BCUT2D eigenvalue weighted by atomic mass is 14.0. The van der Waals surface area contributed by atoms with Crippen LogP contribution in [0.25, 0.3) is 0 Å². The molecule has 0 aromatic rings. The maximum atomic E-state index is 3.72. The molecule has 0 nitrogen and oxygen atoms in total. The predicted molar refractivity (Wildman–Crippen MR) is 66.4 cm³/mol. The Morgan fingerprint density at radius 1 is 1.07 bits per heavy atom. The molecule has 78 valence electrons. The third-order valence-corrected chi connectivity index (χ3v) is 2.16. The van der Waals surface area contributed by atoms with Gasteiger partial charge >= 0.3 is 0 Å². The fourth-order valence-electron chi connectivity index (χ4n) is 1.28. The van der Waals surface area contributed by atoms with Gasteiger partial charge in [0, 0.05) is 0 Å². The molecule has 0 aliphatic heterocycles. The van der Waals surface area contributed by atoms with Gasteiger partial charge in [-0.05, 0) is 38.5 Å². The van der Waals surface area contributed by atoms with E-state index in [2.05, 4.69) is 25.8 Å². The van der Waals surface area contributed by atoms with Gasteiger partial charge in [0.15, 0.2) is 0 Å². The number of unbranched alkanes of at least 4 members (excludes halogenated alkanes) is 1. The Hall–Kier alpha value is -1.04. The van der Waals surface area contributed by atoms with Crippen molar-refractivity contribution < 1.29 is 0 Å². The van der Waals surface area contributed by atoms with Gasteiger partial charge in [0.25, 0.3) is 0 Å². The molecule has 0 fully saturated rings. The molecule has 0 radical (unpaired) electrons. The number of hydrogen-bond acceptors (Lipinski definition) is 0. The van der Waals surface area contributed by atoms with Crippen LogP contribution in [0.2, 0.25) is 0 Å². The van der Waals surface area contributed by atoms with E-state index in [1.807, 2.05) is 18.2 Å². The Morgan fingerprint density at radius 2 is 1.71 bits per heavy atom. The molecule has 1 aliphatic rings. The highest BCUT2D eigenvalue weighted by molar-refractivity contribution is 5.17. The van der Waals surface area contributed by atoms with Crippen LogP contribution in [-0.2, 0) is 0 Å². The summed E-state index contributed by atoms with van der Waals surface area (Å²) in [5, 5.41) is 0. The lowest BCUT2D eigenvalue weighted by molar-refractivity contribution is 0.712. The van der Waals surface area contributed by atoms with Crippen molar-refractivity contribution >= 4 is 0 Å². The van der Waals surface area contributed by atoms with Crippen molar-refractivity contribution in [2.75, 3.05) is 0 Å². The monoisotopic (exact) mass is 190 g/mol. The van der Waals surface area contributed by atoms with Gasteiger partial charge < -0.3 is 0 Å². The van der Waals surface area contributed by atoms with E-state index in [0.717, 1.165) is 12.8 Å². The summed E-state index contributed by atoms with van der Waals surface area (Å²) in [7, 11) is 0. The Morgan fingerprint density at radius 3 is 2.00 bits per heavy atom. The molecule has 0 spiro atoms. The summed E-state index contributed by atoms with van der Waals surface area (Å²) in [5.74, 6) is 0. The molecule has 1 aliphatic carbocycles. The van der Waals surface area contributed by atoms with Crippen molar-refractivity contribution in [3.63, 3.8) is 0 Å². The Kier molecular flexibility index (Phi) is 9.30. The summed E-state index contributed by atoms with van der Waals surface area (Å²) in [5.41, 5.74) is 1.44. The molecule has 14 heavy (non-hydrogen) atoms. The van der Waals surface area contributed by atoms with Gasteiger partial charge in [-0.3, -0.25) is 0 Å². The highest BCUT2D eigenvalue weighted by Crippen LogP contribution is 2.16. The zero-order valence-electron chi connectivity index (χ0n) is 9.17. The van der Waals surface area contributed by atoms with Crippen molar-refractivity contribution in [3.8, 4) is 0 Å². The molecule has 0 atom stereocenters. The zero-order chi connectivity index (χ0) is 10.6. The van der Waals surface area contributed by atoms with Crippen LogP contribution in [0.15, 0.2) is 49.6 Å². The molecular weight excluding hydrogens is 168 g/mol. The van der Waals surface area contributed by atoms with E-state index >= 15 is 0 Å². The summed E-state index contributed by atoms with van der Waals surface area (Å²) in [4.78, 5) is 0. The lowest BCUT2D eigenvalue weighted by Gasteiger charge is -2.06. The van der Waals surface area contributed by atoms with Gasteiger partial charge in [0.1, 0.15) is 0 Å². The molecular formula is C14H22. The summed E-state index contributed by atoms with van der Waals surface area (Å²) >= 11 is 0. The van der Waals surface area contributed by atoms with Crippen molar-refractivity contribution in [3.05, 3.63) is 49.6 Å². The van der Waals surface area contributed by atoms with Crippen LogP contribution in [0.1, 0.15) is 38.5 Å². The van der Waals surface area contributed by atoms with Crippen LogP contribution in [0.4, 0.5) is 0 Å². The topological polar surface area (TPSA) is 0 Å². The lowest BCUT2D eigenvalue weighted by Crippen LogP contribution is -1.86. The van der Waals surface area contributed by atoms with Crippen LogP contribution in [-0.4, -0.2) is 0 Å². The number of allylic oxidation sites excluding steroid dienone is 5. The zero-order valence-corrected chi connectivity index (χ0v) is 9.17. The summed E-state index contributed by atoms with van der Waals surface area (Å²) < 4.78 is 0. The predicted octanol–water partition coefficient (Wildman–Crippen LogP) is 4.81. The average Bonchev–Trinajstić information content (AvgIpc) is 2.28. The molecule has 0 amide bonds. The van der Waals surface area contributed by atoms with Gasteiger partial charge in [-0.2, -0.15) is 0 Å². The average molecular weight is 190 g/mol. The van der Waals surface area contributed by atoms with Crippen LogP contribution in [0, 0.1) is 0 Å². The molecule has 0 unspecified atom stereocenters. The minimum absolute atomic E-state index is 1.06. The summed E-state index contributed by atoms with van der Waals surface area (Å²) in [6.45, 7) is 10.8. The molecule has 1 rings (SSSR count). The molecule has 0 heterocycles. The van der Waals surface area contributed by atoms with Crippen LogP contribution in [0.3, 0.4) is 0 Å². The summed E-state index contributed by atoms with van der Waals surface area (Å²) in [6.07, 6.45) is 15.4. The SMILES string of the molecule is C=CC1=CCCCC1.C=CCCC=C. The first kappa shape index (κ1) is 13.0. The van der Waals surface area contributed by atoms with Gasteiger partial charge in [-0.15, -0.1) is 13.2 Å². The second-order valence-electron chi connectivity index (χ2n) is 3.38. The summed E-state index contributed by atoms with van der Waals surface area (Å²) in [6, 6.07) is 0. The van der Waals surface area contributed by atoms with Crippen molar-refractivity contribution in [2.24, 2.45) is 0 Å².